The molecule has 0 amide bonds. The maximum Gasteiger partial charge on any atom is 0.271 e. The zero-order valence-corrected chi connectivity index (χ0v) is 12.2. The van der Waals surface area contributed by atoms with E-state index in [1.165, 1.54) is 10.4 Å². The number of benzene rings is 1. The third kappa shape index (κ3) is 3.02. The quantitative estimate of drug-likeness (QED) is 0.628. The summed E-state index contributed by atoms with van der Waals surface area (Å²) in [6.45, 7) is 0.862. The maximum atomic E-state index is 12.4. The smallest absolute Gasteiger partial charge is 0.258 e. The monoisotopic (exact) mass is 322 g/mol. The van der Waals surface area contributed by atoms with E-state index in [0.29, 0.717) is 13.1 Å². The molecule has 0 aliphatic carbocycles. The molecule has 1 heterocycles. The summed E-state index contributed by atoms with van der Waals surface area (Å²) in [7, 11) is -3.67. The van der Waals surface area contributed by atoms with Crippen LogP contribution in [0.2, 0.25) is 5.02 Å². The number of thioether (sulfide) groups is 1. The Morgan fingerprint density at radius 3 is 2.47 bits per heavy atom. The fourth-order valence-electron chi connectivity index (χ4n) is 1.74. The number of hydrogen-bond acceptors (Lipinski definition) is 5. The van der Waals surface area contributed by atoms with Crippen LogP contribution < -0.4 is 0 Å². The standard InChI is InChI=1S/C10H11ClN2O4S2/c11-9-7-8(13(14)15)1-2-10(9)19(16,17)12-3-5-18-6-4-12/h1-2,7H,3-6H2. The molecule has 2 rings (SSSR count). The SMILES string of the molecule is O=[N+]([O-])c1ccc(S(=O)(=O)N2CCSCC2)c(Cl)c1. The Morgan fingerprint density at radius 2 is 1.95 bits per heavy atom. The van der Waals surface area contributed by atoms with Gasteiger partial charge in [-0.15, -0.1) is 0 Å². The molecule has 0 N–H and O–H groups in total. The molecule has 0 aromatic heterocycles. The van der Waals surface area contributed by atoms with Crippen molar-refractivity contribution in [2.45, 2.75) is 4.90 Å². The van der Waals surface area contributed by atoms with Crippen molar-refractivity contribution in [2.75, 3.05) is 24.6 Å². The molecule has 0 saturated carbocycles. The van der Waals surface area contributed by atoms with Gasteiger partial charge in [0, 0.05) is 36.7 Å². The molecule has 19 heavy (non-hydrogen) atoms. The minimum atomic E-state index is -3.67. The number of non-ortho nitro benzene ring substituents is 1. The molecule has 0 spiro atoms. The van der Waals surface area contributed by atoms with Crippen molar-refractivity contribution >= 4 is 39.1 Å². The molecule has 1 aliphatic rings. The molecule has 0 atom stereocenters. The van der Waals surface area contributed by atoms with Crippen molar-refractivity contribution in [2.24, 2.45) is 0 Å². The maximum absolute atomic E-state index is 12.4. The molecule has 104 valence electrons. The lowest BCUT2D eigenvalue weighted by Crippen LogP contribution is -2.37. The summed E-state index contributed by atoms with van der Waals surface area (Å²) < 4.78 is 26.1. The molecule has 1 aliphatic heterocycles. The van der Waals surface area contributed by atoms with E-state index in [1.807, 2.05) is 0 Å². The molecular weight excluding hydrogens is 312 g/mol. The fourth-order valence-corrected chi connectivity index (χ4v) is 4.83. The lowest BCUT2D eigenvalue weighted by molar-refractivity contribution is -0.384. The van der Waals surface area contributed by atoms with Crippen LogP contribution in [0.4, 0.5) is 5.69 Å². The molecule has 1 fully saturated rings. The molecule has 1 aromatic rings. The van der Waals surface area contributed by atoms with Crippen LogP contribution in [0.1, 0.15) is 0 Å². The second-order valence-corrected chi connectivity index (χ2v) is 7.43. The van der Waals surface area contributed by atoms with Gasteiger partial charge in [-0.3, -0.25) is 10.1 Å². The van der Waals surface area contributed by atoms with Crippen LogP contribution in [0.3, 0.4) is 0 Å². The van der Waals surface area contributed by atoms with E-state index in [4.69, 9.17) is 11.6 Å². The first-order chi connectivity index (χ1) is 8.93. The molecule has 0 bridgehead atoms. The van der Waals surface area contributed by atoms with Crippen LogP contribution >= 0.6 is 23.4 Å². The highest BCUT2D eigenvalue weighted by molar-refractivity contribution is 7.99. The first-order valence-corrected chi connectivity index (χ1v) is 8.42. The lowest BCUT2D eigenvalue weighted by atomic mass is 10.3. The van der Waals surface area contributed by atoms with Crippen molar-refractivity contribution in [3.05, 3.63) is 33.3 Å². The van der Waals surface area contributed by atoms with Gasteiger partial charge in [-0.2, -0.15) is 16.1 Å². The minimum absolute atomic E-state index is 0.0772. The van der Waals surface area contributed by atoms with Crippen molar-refractivity contribution in [3.63, 3.8) is 0 Å². The van der Waals surface area contributed by atoms with Crippen molar-refractivity contribution in [1.29, 1.82) is 0 Å². The Hall–Kier alpha value is -0.830. The van der Waals surface area contributed by atoms with E-state index in [-0.39, 0.29) is 15.6 Å². The van der Waals surface area contributed by atoms with E-state index in [9.17, 15) is 18.5 Å². The van der Waals surface area contributed by atoms with E-state index in [0.717, 1.165) is 23.6 Å². The third-order valence-corrected chi connectivity index (χ3v) is 6.04. The fraction of sp³-hybridized carbons (Fsp3) is 0.400. The van der Waals surface area contributed by atoms with E-state index >= 15 is 0 Å². The molecule has 6 nitrogen and oxygen atoms in total. The third-order valence-electron chi connectivity index (χ3n) is 2.71. The average molecular weight is 323 g/mol. The number of halogens is 1. The summed E-state index contributed by atoms with van der Waals surface area (Å²) in [5.74, 6) is 1.48. The molecular formula is C10H11ClN2O4S2. The summed E-state index contributed by atoms with van der Waals surface area (Å²) in [6.07, 6.45) is 0. The topological polar surface area (TPSA) is 80.5 Å². The highest BCUT2D eigenvalue weighted by Crippen LogP contribution is 2.29. The van der Waals surface area contributed by atoms with Gasteiger partial charge in [0.15, 0.2) is 0 Å². The van der Waals surface area contributed by atoms with Crippen molar-refractivity contribution in [3.8, 4) is 0 Å². The molecule has 1 saturated heterocycles. The molecule has 9 heteroatoms. The van der Waals surface area contributed by atoms with E-state index < -0.39 is 14.9 Å². The van der Waals surface area contributed by atoms with Gasteiger partial charge in [-0.25, -0.2) is 8.42 Å². The Kier molecular flexibility index (Phi) is 4.34. The van der Waals surface area contributed by atoms with Gasteiger partial charge < -0.3 is 0 Å². The largest absolute Gasteiger partial charge is 0.271 e. The summed E-state index contributed by atoms with van der Waals surface area (Å²) in [6, 6.07) is 3.40. The average Bonchev–Trinajstić information content (AvgIpc) is 2.39. The zero-order valence-electron chi connectivity index (χ0n) is 9.78. The Balaban J connectivity index is 2.37. The number of rotatable bonds is 3. The summed E-state index contributed by atoms with van der Waals surface area (Å²) in [5, 5.41) is 10.5. The number of nitrogens with zero attached hydrogens (tertiary/aromatic N) is 2. The highest BCUT2D eigenvalue weighted by Gasteiger charge is 2.28. The number of nitro groups is 1. The Morgan fingerprint density at radius 1 is 1.32 bits per heavy atom. The Bertz CT molecular complexity index is 600. The summed E-state index contributed by atoms with van der Waals surface area (Å²) in [5.41, 5.74) is -0.224. The van der Waals surface area contributed by atoms with Gasteiger partial charge in [-0.05, 0) is 6.07 Å². The number of nitro benzene ring substituents is 1. The van der Waals surface area contributed by atoms with Crippen LogP contribution in [-0.4, -0.2) is 42.2 Å². The summed E-state index contributed by atoms with van der Waals surface area (Å²) in [4.78, 5) is 9.91. The first-order valence-electron chi connectivity index (χ1n) is 5.45. The second-order valence-electron chi connectivity index (χ2n) is 3.89. The summed E-state index contributed by atoms with van der Waals surface area (Å²) >= 11 is 7.55. The second kappa shape index (κ2) is 5.66. The predicted octanol–water partition coefficient (Wildman–Crippen LogP) is 1.99. The normalized spacial score (nSPS) is 17.3. The zero-order chi connectivity index (χ0) is 14.0. The van der Waals surface area contributed by atoms with Gasteiger partial charge in [0.2, 0.25) is 10.0 Å². The van der Waals surface area contributed by atoms with Crippen molar-refractivity contribution < 1.29 is 13.3 Å². The lowest BCUT2D eigenvalue weighted by Gasteiger charge is -2.25. The van der Waals surface area contributed by atoms with E-state index in [2.05, 4.69) is 0 Å². The van der Waals surface area contributed by atoms with Crippen LogP contribution in [-0.2, 0) is 10.0 Å². The number of hydrogen-bond donors (Lipinski definition) is 0. The first kappa shape index (κ1) is 14.6. The van der Waals surface area contributed by atoms with Crippen LogP contribution in [0.5, 0.6) is 0 Å². The molecule has 0 radical (unpaired) electrons. The van der Waals surface area contributed by atoms with Gasteiger partial charge in [0.05, 0.1) is 9.95 Å². The minimum Gasteiger partial charge on any atom is -0.258 e. The van der Waals surface area contributed by atoms with Crippen LogP contribution in [0, 0.1) is 10.1 Å². The highest BCUT2D eigenvalue weighted by atomic mass is 35.5. The molecule has 0 unspecified atom stereocenters. The van der Waals surface area contributed by atoms with Gasteiger partial charge in [0.25, 0.3) is 5.69 Å². The Labute approximate surface area is 119 Å². The van der Waals surface area contributed by atoms with Crippen LogP contribution in [0.15, 0.2) is 23.1 Å². The van der Waals surface area contributed by atoms with E-state index in [1.54, 1.807) is 11.8 Å². The van der Waals surface area contributed by atoms with Crippen LogP contribution in [0.25, 0.3) is 0 Å². The predicted molar refractivity (Wildman–Crippen MR) is 74.2 cm³/mol. The van der Waals surface area contributed by atoms with Gasteiger partial charge >= 0.3 is 0 Å². The molecule has 1 aromatic carbocycles. The van der Waals surface area contributed by atoms with Gasteiger partial charge in [-0.1, -0.05) is 11.6 Å². The number of sulfonamides is 1. The van der Waals surface area contributed by atoms with Crippen molar-refractivity contribution in [1.82, 2.24) is 4.31 Å². The van der Waals surface area contributed by atoms with Gasteiger partial charge in [0.1, 0.15) is 4.90 Å².